The van der Waals surface area contributed by atoms with Crippen LogP contribution in [-0.4, -0.2) is 49.2 Å². The van der Waals surface area contributed by atoms with Crippen LogP contribution in [0.25, 0.3) is 0 Å². The number of ether oxygens (including phenoxy) is 1. The summed E-state index contributed by atoms with van der Waals surface area (Å²) < 4.78 is 5.55. The third-order valence-electron chi connectivity index (χ3n) is 4.72. The Bertz CT molecular complexity index is 304. The minimum Gasteiger partial charge on any atom is -0.375 e. The summed E-state index contributed by atoms with van der Waals surface area (Å²) in [6.07, 6.45) is 3.44. The van der Waals surface area contributed by atoms with Gasteiger partial charge in [-0.25, -0.2) is 0 Å². The molecule has 2 heterocycles. The molecule has 2 aliphatic heterocycles. The number of hydrogen-bond donors (Lipinski definition) is 1. The second kappa shape index (κ2) is 6.91. The first kappa shape index (κ1) is 16.7. The van der Waals surface area contributed by atoms with Gasteiger partial charge in [0.25, 0.3) is 0 Å². The number of piperidine rings is 1. The molecule has 4 nitrogen and oxygen atoms in total. The van der Waals surface area contributed by atoms with Gasteiger partial charge in [-0.15, -0.1) is 12.4 Å². The summed E-state index contributed by atoms with van der Waals surface area (Å²) in [5.41, 5.74) is 0.429. The van der Waals surface area contributed by atoms with E-state index in [-0.39, 0.29) is 30.5 Å². The molecule has 0 radical (unpaired) electrons. The molecule has 2 rings (SSSR count). The largest absolute Gasteiger partial charge is 0.375 e. The van der Waals surface area contributed by atoms with Crippen molar-refractivity contribution in [2.45, 2.75) is 52.2 Å². The number of nitrogens with zero attached hydrogens (tertiary/aromatic N) is 1. The van der Waals surface area contributed by atoms with E-state index in [4.69, 9.17) is 4.74 Å². The van der Waals surface area contributed by atoms with Gasteiger partial charge in [0.05, 0.1) is 12.7 Å². The van der Waals surface area contributed by atoms with Crippen molar-refractivity contribution in [2.75, 3.05) is 26.2 Å². The molecule has 2 fully saturated rings. The average Bonchev–Trinajstić information content (AvgIpc) is 2.39. The maximum absolute atomic E-state index is 12.4. The Labute approximate surface area is 122 Å². The smallest absolute Gasteiger partial charge is 0.242 e. The zero-order valence-electron chi connectivity index (χ0n) is 12.3. The van der Waals surface area contributed by atoms with Gasteiger partial charge < -0.3 is 15.0 Å². The van der Waals surface area contributed by atoms with Crippen LogP contribution in [0.4, 0.5) is 0 Å². The third-order valence-corrected chi connectivity index (χ3v) is 4.72. The minimum absolute atomic E-state index is 0. The first-order chi connectivity index (χ1) is 8.56. The van der Waals surface area contributed by atoms with E-state index in [1.165, 1.54) is 6.42 Å². The number of amides is 1. The predicted octanol–water partition coefficient (Wildman–Crippen LogP) is 1.82. The van der Waals surface area contributed by atoms with Crippen molar-refractivity contribution in [3.8, 4) is 0 Å². The van der Waals surface area contributed by atoms with Crippen LogP contribution in [0.15, 0.2) is 0 Å². The molecular formula is C14H27ClN2O2. The quantitative estimate of drug-likeness (QED) is 0.843. The Balaban J connectivity index is 0.00000180. The van der Waals surface area contributed by atoms with Gasteiger partial charge in [-0.05, 0) is 25.2 Å². The van der Waals surface area contributed by atoms with Crippen LogP contribution in [0.3, 0.4) is 0 Å². The molecule has 0 aromatic heterocycles. The van der Waals surface area contributed by atoms with Crippen LogP contribution in [0.5, 0.6) is 0 Å². The molecule has 2 aliphatic rings. The summed E-state index contributed by atoms with van der Waals surface area (Å²) >= 11 is 0. The number of hydrogen-bond acceptors (Lipinski definition) is 3. The Hall–Kier alpha value is -0.320. The van der Waals surface area contributed by atoms with Gasteiger partial charge in [0, 0.05) is 19.6 Å². The van der Waals surface area contributed by atoms with E-state index in [0.29, 0.717) is 12.0 Å². The van der Waals surface area contributed by atoms with Gasteiger partial charge >= 0.3 is 0 Å². The van der Waals surface area contributed by atoms with E-state index < -0.39 is 0 Å². The highest BCUT2D eigenvalue weighted by Crippen LogP contribution is 2.34. The maximum atomic E-state index is 12.4. The van der Waals surface area contributed by atoms with E-state index in [1.54, 1.807) is 0 Å². The SMILES string of the molecule is CCC1(C)CCN(C(=O)[C@H]2NCCO[C@@H]2C)CC1.Cl. The summed E-state index contributed by atoms with van der Waals surface area (Å²) in [5, 5.41) is 3.28. The van der Waals surface area contributed by atoms with Crippen molar-refractivity contribution >= 4 is 18.3 Å². The van der Waals surface area contributed by atoms with Crippen LogP contribution in [0.1, 0.15) is 40.0 Å². The predicted molar refractivity (Wildman–Crippen MR) is 78.7 cm³/mol. The molecule has 0 spiro atoms. The van der Waals surface area contributed by atoms with Gasteiger partial charge in [-0.3, -0.25) is 4.79 Å². The molecule has 0 unspecified atom stereocenters. The molecule has 1 amide bonds. The molecule has 19 heavy (non-hydrogen) atoms. The standard InChI is InChI=1S/C14H26N2O2.ClH/c1-4-14(3)5-8-16(9-6-14)13(17)12-11(2)18-10-7-15-12;/h11-12,15H,4-10H2,1-3H3;1H/t11-,12+;/m1./s1. The van der Waals surface area contributed by atoms with Gasteiger partial charge in [0.1, 0.15) is 6.04 Å². The lowest BCUT2D eigenvalue weighted by Gasteiger charge is -2.41. The van der Waals surface area contributed by atoms with Crippen molar-refractivity contribution in [1.82, 2.24) is 10.2 Å². The molecule has 1 N–H and O–H groups in total. The Kier molecular flexibility index (Phi) is 6.09. The molecular weight excluding hydrogens is 264 g/mol. The normalized spacial score (nSPS) is 30.6. The first-order valence-electron chi connectivity index (χ1n) is 7.19. The zero-order valence-corrected chi connectivity index (χ0v) is 13.1. The van der Waals surface area contributed by atoms with Gasteiger partial charge in [0.15, 0.2) is 0 Å². The third kappa shape index (κ3) is 3.83. The van der Waals surface area contributed by atoms with E-state index in [1.807, 2.05) is 11.8 Å². The number of halogens is 1. The van der Waals surface area contributed by atoms with Crippen molar-refractivity contribution in [3.63, 3.8) is 0 Å². The highest BCUT2D eigenvalue weighted by atomic mass is 35.5. The lowest BCUT2D eigenvalue weighted by molar-refractivity contribution is -0.141. The fourth-order valence-electron chi connectivity index (χ4n) is 2.83. The number of rotatable bonds is 2. The fourth-order valence-corrected chi connectivity index (χ4v) is 2.83. The molecule has 5 heteroatoms. The Morgan fingerprint density at radius 1 is 1.42 bits per heavy atom. The lowest BCUT2D eigenvalue weighted by Crippen LogP contribution is -2.58. The van der Waals surface area contributed by atoms with Crippen molar-refractivity contribution in [1.29, 1.82) is 0 Å². The summed E-state index contributed by atoms with van der Waals surface area (Å²) in [7, 11) is 0. The summed E-state index contributed by atoms with van der Waals surface area (Å²) in [5.74, 6) is 0.223. The van der Waals surface area contributed by atoms with Crippen LogP contribution >= 0.6 is 12.4 Å². The summed E-state index contributed by atoms with van der Waals surface area (Å²) in [4.78, 5) is 14.5. The number of carbonyl (C=O) groups excluding carboxylic acids is 1. The van der Waals surface area contributed by atoms with Crippen LogP contribution in [-0.2, 0) is 9.53 Å². The number of morpholine rings is 1. The number of likely N-dealkylation sites (tertiary alicyclic amines) is 1. The highest BCUT2D eigenvalue weighted by molar-refractivity contribution is 5.85. The minimum atomic E-state index is -0.148. The van der Waals surface area contributed by atoms with Crippen molar-refractivity contribution in [2.24, 2.45) is 5.41 Å². The Morgan fingerprint density at radius 3 is 2.58 bits per heavy atom. The molecule has 0 saturated carbocycles. The molecule has 0 aromatic rings. The lowest BCUT2D eigenvalue weighted by atomic mass is 9.78. The van der Waals surface area contributed by atoms with E-state index in [2.05, 4.69) is 19.2 Å². The molecule has 2 saturated heterocycles. The van der Waals surface area contributed by atoms with Crippen molar-refractivity contribution < 1.29 is 9.53 Å². The monoisotopic (exact) mass is 290 g/mol. The average molecular weight is 291 g/mol. The molecule has 0 bridgehead atoms. The van der Waals surface area contributed by atoms with Gasteiger partial charge in [-0.1, -0.05) is 20.3 Å². The van der Waals surface area contributed by atoms with E-state index in [0.717, 1.165) is 32.5 Å². The molecule has 0 aliphatic carbocycles. The second-order valence-electron chi connectivity index (χ2n) is 6.00. The number of nitrogens with one attached hydrogen (secondary N) is 1. The Morgan fingerprint density at radius 2 is 2.05 bits per heavy atom. The summed E-state index contributed by atoms with van der Waals surface area (Å²) in [6.45, 7) is 9.84. The van der Waals surface area contributed by atoms with E-state index in [9.17, 15) is 4.79 Å². The molecule has 0 aromatic carbocycles. The molecule has 112 valence electrons. The van der Waals surface area contributed by atoms with Crippen LogP contribution < -0.4 is 5.32 Å². The summed E-state index contributed by atoms with van der Waals surface area (Å²) in [6, 6.07) is -0.148. The van der Waals surface area contributed by atoms with E-state index >= 15 is 0 Å². The number of carbonyl (C=O) groups is 1. The van der Waals surface area contributed by atoms with Gasteiger partial charge in [0.2, 0.25) is 5.91 Å². The second-order valence-corrected chi connectivity index (χ2v) is 6.00. The topological polar surface area (TPSA) is 41.6 Å². The van der Waals surface area contributed by atoms with Crippen molar-refractivity contribution in [3.05, 3.63) is 0 Å². The highest BCUT2D eigenvalue weighted by Gasteiger charge is 2.36. The van der Waals surface area contributed by atoms with Crippen LogP contribution in [0.2, 0.25) is 0 Å². The maximum Gasteiger partial charge on any atom is 0.242 e. The first-order valence-corrected chi connectivity index (χ1v) is 7.19. The van der Waals surface area contributed by atoms with Crippen LogP contribution in [0, 0.1) is 5.41 Å². The molecule has 2 atom stereocenters. The van der Waals surface area contributed by atoms with Gasteiger partial charge in [-0.2, -0.15) is 0 Å². The zero-order chi connectivity index (χ0) is 13.2. The fraction of sp³-hybridized carbons (Fsp3) is 0.929.